The number of hydrogen-bond acceptors (Lipinski definition) is 8. The highest BCUT2D eigenvalue weighted by Crippen LogP contribution is 2.07. The Hall–Kier alpha value is -4.01. The van der Waals surface area contributed by atoms with Crippen LogP contribution in [-0.2, 0) is 35.2 Å². The van der Waals surface area contributed by atoms with E-state index in [4.69, 9.17) is 16.6 Å². The fourth-order valence-electron chi connectivity index (χ4n) is 2.98. The third-order valence-electron chi connectivity index (χ3n) is 4.89. The molecule has 15 heteroatoms. The molecule has 0 bridgehead atoms. The first-order valence-electron chi connectivity index (χ1n) is 10.7. The predicted molar refractivity (Wildman–Crippen MR) is 119 cm³/mol. The minimum absolute atomic E-state index is 0.120. The van der Waals surface area contributed by atoms with E-state index in [-0.39, 0.29) is 19.3 Å². The van der Waals surface area contributed by atoms with Gasteiger partial charge >= 0.3 is 11.9 Å². The summed E-state index contributed by atoms with van der Waals surface area (Å²) in [7, 11) is 0. The maximum absolute atomic E-state index is 13.0. The lowest BCUT2D eigenvalue weighted by molar-refractivity contribution is -0.143. The molecular weight excluding hydrogens is 466 g/mol. The Morgan fingerprint density at radius 1 is 1.00 bits per heavy atom. The van der Waals surface area contributed by atoms with Crippen LogP contribution in [0.2, 0.25) is 0 Å². The van der Waals surface area contributed by atoms with Gasteiger partial charge < -0.3 is 42.6 Å². The van der Waals surface area contributed by atoms with Crippen LogP contribution in [0, 0.1) is 5.92 Å². The number of aromatic amines is 1. The van der Waals surface area contributed by atoms with Gasteiger partial charge in [0.15, 0.2) is 0 Å². The molecule has 1 aromatic heterocycles. The molecule has 194 valence electrons. The van der Waals surface area contributed by atoms with E-state index in [0.29, 0.717) is 5.69 Å². The lowest BCUT2D eigenvalue weighted by Gasteiger charge is -2.25. The highest BCUT2D eigenvalue weighted by Gasteiger charge is 2.32. The van der Waals surface area contributed by atoms with Crippen molar-refractivity contribution in [3.8, 4) is 0 Å². The Balaban J connectivity index is 3.09. The molecule has 0 spiro atoms. The Kier molecular flexibility index (Phi) is 11.3. The summed E-state index contributed by atoms with van der Waals surface area (Å²) in [5.41, 5.74) is 11.1. The standard InChI is InChI=1S/C20H31N7O8/c1-9(2)16(20(34)35)27-18(32)12(3-4-14(22)28)25-19(33)13(5-10-7-23-8-24-10)26-17(31)11(21)6-15(29)30/h7-9,11-13,16H,3-6,21H2,1-2H3,(H2,22,28)(H,23,24)(H,25,33)(H,26,31)(H,27,32)(H,29,30)(H,34,35). The highest BCUT2D eigenvalue weighted by atomic mass is 16.4. The van der Waals surface area contributed by atoms with Crippen LogP contribution in [0.1, 0.15) is 38.8 Å². The zero-order valence-electron chi connectivity index (χ0n) is 19.3. The number of rotatable bonds is 15. The molecule has 4 amide bonds. The topological polar surface area (TPSA) is 260 Å². The Morgan fingerprint density at radius 2 is 1.60 bits per heavy atom. The summed E-state index contributed by atoms with van der Waals surface area (Å²) in [4.78, 5) is 78.3. The van der Waals surface area contributed by atoms with Crippen LogP contribution in [-0.4, -0.2) is 79.9 Å². The number of imidazole rings is 1. The van der Waals surface area contributed by atoms with Crippen molar-refractivity contribution in [1.29, 1.82) is 0 Å². The molecular formula is C20H31N7O8. The third kappa shape index (κ3) is 10.2. The third-order valence-corrected chi connectivity index (χ3v) is 4.89. The second-order valence-electron chi connectivity index (χ2n) is 8.18. The van der Waals surface area contributed by atoms with Gasteiger partial charge in [-0.2, -0.15) is 0 Å². The normalized spacial score (nSPS) is 14.3. The van der Waals surface area contributed by atoms with Gasteiger partial charge in [0.1, 0.15) is 18.1 Å². The fraction of sp³-hybridized carbons (Fsp3) is 0.550. The zero-order chi connectivity index (χ0) is 26.7. The monoisotopic (exact) mass is 497 g/mol. The summed E-state index contributed by atoms with van der Waals surface area (Å²) in [6, 6.07) is -5.37. The maximum Gasteiger partial charge on any atom is 0.326 e. The molecule has 35 heavy (non-hydrogen) atoms. The zero-order valence-corrected chi connectivity index (χ0v) is 19.3. The smallest absolute Gasteiger partial charge is 0.326 e. The molecule has 0 saturated heterocycles. The quantitative estimate of drug-likeness (QED) is 0.123. The maximum atomic E-state index is 13.0. The van der Waals surface area contributed by atoms with E-state index in [9.17, 15) is 33.9 Å². The van der Waals surface area contributed by atoms with Crippen LogP contribution >= 0.6 is 0 Å². The number of carboxylic acid groups (broad SMARTS) is 2. The molecule has 4 unspecified atom stereocenters. The van der Waals surface area contributed by atoms with Gasteiger partial charge in [-0.25, -0.2) is 9.78 Å². The van der Waals surface area contributed by atoms with Crippen LogP contribution < -0.4 is 27.4 Å². The number of H-pyrrole nitrogens is 1. The molecule has 15 nitrogen and oxygen atoms in total. The summed E-state index contributed by atoms with van der Waals surface area (Å²) in [6.45, 7) is 3.15. The number of primary amides is 1. The molecule has 0 fully saturated rings. The van der Waals surface area contributed by atoms with Gasteiger partial charge in [-0.05, 0) is 12.3 Å². The van der Waals surface area contributed by atoms with Crippen molar-refractivity contribution in [1.82, 2.24) is 25.9 Å². The van der Waals surface area contributed by atoms with Gasteiger partial charge in [0, 0.05) is 24.7 Å². The Labute approximate surface area is 200 Å². The average molecular weight is 498 g/mol. The van der Waals surface area contributed by atoms with Gasteiger partial charge in [0.25, 0.3) is 0 Å². The van der Waals surface area contributed by atoms with E-state index in [2.05, 4.69) is 25.9 Å². The molecule has 1 heterocycles. The highest BCUT2D eigenvalue weighted by molar-refractivity contribution is 5.95. The molecule has 4 atom stereocenters. The second-order valence-corrected chi connectivity index (χ2v) is 8.18. The average Bonchev–Trinajstić information content (AvgIpc) is 3.26. The molecule has 0 aromatic carbocycles. The predicted octanol–water partition coefficient (Wildman–Crippen LogP) is -2.79. The van der Waals surface area contributed by atoms with Crippen molar-refractivity contribution in [2.75, 3.05) is 0 Å². The summed E-state index contributed by atoms with van der Waals surface area (Å²) in [6.07, 6.45) is 1.40. The van der Waals surface area contributed by atoms with Gasteiger partial charge in [-0.15, -0.1) is 0 Å². The molecule has 0 saturated carbocycles. The molecule has 10 N–H and O–H groups in total. The lowest BCUT2D eigenvalue weighted by atomic mass is 10.0. The summed E-state index contributed by atoms with van der Waals surface area (Å²) >= 11 is 0. The van der Waals surface area contributed by atoms with Crippen molar-refractivity contribution in [2.24, 2.45) is 17.4 Å². The van der Waals surface area contributed by atoms with Gasteiger partial charge in [0.05, 0.1) is 18.8 Å². The number of carboxylic acids is 2. The minimum atomic E-state index is -1.44. The molecule has 0 aliphatic rings. The number of nitrogens with one attached hydrogen (secondary N) is 4. The Morgan fingerprint density at radius 3 is 2.09 bits per heavy atom. The summed E-state index contributed by atoms with van der Waals surface area (Å²) in [5, 5.41) is 25.2. The van der Waals surface area contributed by atoms with Crippen molar-refractivity contribution < 1.29 is 39.0 Å². The summed E-state index contributed by atoms with van der Waals surface area (Å²) < 4.78 is 0. The largest absolute Gasteiger partial charge is 0.481 e. The number of aliphatic carboxylic acids is 2. The first kappa shape index (κ1) is 29.0. The first-order chi connectivity index (χ1) is 16.3. The number of nitrogens with zero attached hydrogens (tertiary/aromatic N) is 1. The number of carbonyl (C=O) groups is 6. The van der Waals surface area contributed by atoms with E-state index in [1.165, 1.54) is 12.5 Å². The van der Waals surface area contributed by atoms with Crippen molar-refractivity contribution >= 4 is 35.6 Å². The van der Waals surface area contributed by atoms with E-state index in [1.54, 1.807) is 13.8 Å². The van der Waals surface area contributed by atoms with Crippen LogP contribution in [0.3, 0.4) is 0 Å². The van der Waals surface area contributed by atoms with Crippen molar-refractivity contribution in [3.63, 3.8) is 0 Å². The first-order valence-corrected chi connectivity index (χ1v) is 10.7. The fourth-order valence-corrected chi connectivity index (χ4v) is 2.98. The van der Waals surface area contributed by atoms with E-state index in [0.717, 1.165) is 0 Å². The number of nitrogens with two attached hydrogens (primary N) is 2. The van der Waals surface area contributed by atoms with Gasteiger partial charge in [-0.3, -0.25) is 24.0 Å². The van der Waals surface area contributed by atoms with Crippen LogP contribution in [0.15, 0.2) is 12.5 Å². The minimum Gasteiger partial charge on any atom is -0.481 e. The number of amides is 4. The molecule has 0 radical (unpaired) electrons. The van der Waals surface area contributed by atoms with E-state index < -0.39 is 72.1 Å². The number of hydrogen-bond donors (Lipinski definition) is 8. The molecule has 1 aromatic rings. The molecule has 0 aliphatic carbocycles. The van der Waals surface area contributed by atoms with E-state index in [1.807, 2.05) is 0 Å². The van der Waals surface area contributed by atoms with Gasteiger partial charge in [-0.1, -0.05) is 13.8 Å². The van der Waals surface area contributed by atoms with Crippen LogP contribution in [0.25, 0.3) is 0 Å². The molecule has 1 rings (SSSR count). The summed E-state index contributed by atoms with van der Waals surface area (Å²) in [5.74, 6) is -6.49. The van der Waals surface area contributed by atoms with Crippen LogP contribution in [0.5, 0.6) is 0 Å². The van der Waals surface area contributed by atoms with Crippen molar-refractivity contribution in [3.05, 3.63) is 18.2 Å². The van der Waals surface area contributed by atoms with E-state index >= 15 is 0 Å². The molecule has 0 aliphatic heterocycles. The van der Waals surface area contributed by atoms with Crippen LogP contribution in [0.4, 0.5) is 0 Å². The Bertz CT molecular complexity index is 919. The number of aromatic nitrogens is 2. The van der Waals surface area contributed by atoms with Gasteiger partial charge in [0.2, 0.25) is 23.6 Å². The second kappa shape index (κ2) is 13.6. The van der Waals surface area contributed by atoms with Crippen molar-refractivity contribution in [2.45, 2.75) is 63.7 Å². The lowest BCUT2D eigenvalue weighted by Crippen LogP contribution is -2.58. The SMILES string of the molecule is CC(C)C(NC(=O)C(CCC(N)=O)NC(=O)C(Cc1cnc[nH]1)NC(=O)C(N)CC(=O)O)C(=O)O. The number of carbonyl (C=O) groups excluding carboxylic acids is 4.